The maximum Gasteiger partial charge on any atom is 0.111 e. The molecule has 0 radical (unpaired) electrons. The SMILES string of the molecule is Cc1ccc2sc(C(N)CCO)nc2c1. The Bertz CT molecular complexity index is 467. The molecule has 2 rings (SSSR count). The van der Waals surface area contributed by atoms with E-state index in [1.165, 1.54) is 5.56 Å². The number of rotatable bonds is 3. The van der Waals surface area contributed by atoms with E-state index >= 15 is 0 Å². The third-order valence-corrected chi connectivity index (χ3v) is 3.49. The van der Waals surface area contributed by atoms with Gasteiger partial charge in [0.05, 0.1) is 16.3 Å². The molecule has 0 fully saturated rings. The number of benzene rings is 1. The summed E-state index contributed by atoms with van der Waals surface area (Å²) in [4.78, 5) is 4.47. The van der Waals surface area contributed by atoms with Crippen molar-refractivity contribution in [2.75, 3.05) is 6.61 Å². The highest BCUT2D eigenvalue weighted by Gasteiger charge is 2.11. The molecule has 3 N–H and O–H groups in total. The third-order valence-electron chi connectivity index (χ3n) is 2.32. The van der Waals surface area contributed by atoms with Gasteiger partial charge in [-0.15, -0.1) is 11.3 Å². The van der Waals surface area contributed by atoms with Gasteiger partial charge in [0, 0.05) is 6.61 Å². The van der Waals surface area contributed by atoms with E-state index in [1.54, 1.807) is 11.3 Å². The van der Waals surface area contributed by atoms with Crippen molar-refractivity contribution in [3.05, 3.63) is 28.8 Å². The van der Waals surface area contributed by atoms with Gasteiger partial charge in [-0.2, -0.15) is 0 Å². The van der Waals surface area contributed by atoms with Gasteiger partial charge < -0.3 is 10.8 Å². The Morgan fingerprint density at radius 1 is 1.53 bits per heavy atom. The van der Waals surface area contributed by atoms with Gasteiger partial charge in [-0.3, -0.25) is 0 Å². The second-order valence-electron chi connectivity index (χ2n) is 3.64. The van der Waals surface area contributed by atoms with Crippen LogP contribution in [0.5, 0.6) is 0 Å². The Morgan fingerprint density at radius 2 is 2.33 bits per heavy atom. The zero-order valence-corrected chi connectivity index (χ0v) is 9.42. The quantitative estimate of drug-likeness (QED) is 0.835. The van der Waals surface area contributed by atoms with Crippen LogP contribution in [0.15, 0.2) is 18.2 Å². The Kier molecular flexibility index (Phi) is 3.00. The summed E-state index contributed by atoms with van der Waals surface area (Å²) in [5, 5.41) is 9.72. The van der Waals surface area contributed by atoms with Crippen LogP contribution in [0.2, 0.25) is 0 Å². The average molecular weight is 222 g/mol. The van der Waals surface area contributed by atoms with Crippen LogP contribution in [0.3, 0.4) is 0 Å². The molecule has 1 heterocycles. The lowest BCUT2D eigenvalue weighted by Gasteiger charge is -2.03. The van der Waals surface area contributed by atoms with E-state index in [9.17, 15) is 0 Å². The smallest absolute Gasteiger partial charge is 0.111 e. The first-order valence-electron chi connectivity index (χ1n) is 4.94. The van der Waals surface area contributed by atoms with Gasteiger partial charge in [0.15, 0.2) is 0 Å². The molecule has 3 nitrogen and oxygen atoms in total. The normalized spacial score (nSPS) is 13.3. The number of fused-ring (bicyclic) bond motifs is 1. The van der Waals surface area contributed by atoms with Crippen molar-refractivity contribution in [3.63, 3.8) is 0 Å². The van der Waals surface area contributed by atoms with Crippen LogP contribution in [-0.2, 0) is 0 Å². The zero-order valence-electron chi connectivity index (χ0n) is 8.60. The molecule has 0 saturated heterocycles. The van der Waals surface area contributed by atoms with Gasteiger partial charge in [0.1, 0.15) is 5.01 Å². The lowest BCUT2D eigenvalue weighted by atomic mass is 10.2. The largest absolute Gasteiger partial charge is 0.396 e. The molecule has 0 aliphatic rings. The summed E-state index contributed by atoms with van der Waals surface area (Å²) < 4.78 is 1.16. The minimum atomic E-state index is -0.146. The van der Waals surface area contributed by atoms with E-state index < -0.39 is 0 Å². The predicted octanol–water partition coefficient (Wildman–Crippen LogP) is 1.99. The van der Waals surface area contributed by atoms with Crippen molar-refractivity contribution in [3.8, 4) is 0 Å². The van der Waals surface area contributed by atoms with E-state index in [1.807, 2.05) is 6.92 Å². The number of nitrogens with zero attached hydrogens (tertiary/aromatic N) is 1. The van der Waals surface area contributed by atoms with Crippen molar-refractivity contribution in [1.82, 2.24) is 4.98 Å². The Morgan fingerprint density at radius 3 is 3.07 bits per heavy atom. The Hall–Kier alpha value is -0.970. The standard InChI is InChI=1S/C11H14N2OS/c1-7-2-3-10-9(6-7)13-11(15-10)8(12)4-5-14/h2-3,6,8,14H,4-5,12H2,1H3. The molecule has 1 aromatic carbocycles. The van der Waals surface area contributed by atoms with Crippen molar-refractivity contribution in [1.29, 1.82) is 0 Å². The van der Waals surface area contributed by atoms with Crippen LogP contribution in [0.25, 0.3) is 10.2 Å². The lowest BCUT2D eigenvalue weighted by molar-refractivity contribution is 0.276. The van der Waals surface area contributed by atoms with Crippen molar-refractivity contribution >= 4 is 21.6 Å². The highest BCUT2D eigenvalue weighted by Crippen LogP contribution is 2.27. The summed E-state index contributed by atoms with van der Waals surface area (Å²) in [5.41, 5.74) is 8.10. The molecule has 0 saturated carbocycles. The van der Waals surface area contributed by atoms with Crippen LogP contribution in [0, 0.1) is 6.92 Å². The number of thiazole rings is 1. The molecule has 80 valence electrons. The second kappa shape index (κ2) is 4.26. The monoisotopic (exact) mass is 222 g/mol. The van der Waals surface area contributed by atoms with Gasteiger partial charge in [0.2, 0.25) is 0 Å². The number of hydrogen-bond donors (Lipinski definition) is 2. The van der Waals surface area contributed by atoms with E-state index in [4.69, 9.17) is 10.8 Å². The maximum atomic E-state index is 8.81. The molecule has 0 aliphatic carbocycles. The van der Waals surface area contributed by atoms with E-state index in [2.05, 4.69) is 23.2 Å². The maximum absolute atomic E-state index is 8.81. The Balaban J connectivity index is 2.38. The number of aryl methyl sites for hydroxylation is 1. The Labute approximate surface area is 92.6 Å². The predicted molar refractivity (Wildman–Crippen MR) is 63.0 cm³/mol. The minimum absolute atomic E-state index is 0.107. The van der Waals surface area contributed by atoms with E-state index in [0.717, 1.165) is 15.2 Å². The molecule has 1 aromatic heterocycles. The van der Waals surface area contributed by atoms with Crippen molar-refractivity contribution in [2.45, 2.75) is 19.4 Å². The molecule has 4 heteroatoms. The first kappa shape index (κ1) is 10.5. The van der Waals surface area contributed by atoms with Crippen molar-refractivity contribution in [2.24, 2.45) is 5.73 Å². The van der Waals surface area contributed by atoms with E-state index in [0.29, 0.717) is 6.42 Å². The fourth-order valence-electron chi connectivity index (χ4n) is 1.48. The minimum Gasteiger partial charge on any atom is -0.396 e. The van der Waals surface area contributed by atoms with Gasteiger partial charge in [0.25, 0.3) is 0 Å². The van der Waals surface area contributed by atoms with E-state index in [-0.39, 0.29) is 12.6 Å². The highest BCUT2D eigenvalue weighted by molar-refractivity contribution is 7.18. The summed E-state index contributed by atoms with van der Waals surface area (Å²) >= 11 is 1.61. The summed E-state index contributed by atoms with van der Waals surface area (Å²) in [6.07, 6.45) is 0.568. The topological polar surface area (TPSA) is 59.1 Å². The molecule has 1 unspecified atom stereocenters. The molecule has 1 atom stereocenters. The van der Waals surface area contributed by atoms with Crippen molar-refractivity contribution < 1.29 is 5.11 Å². The van der Waals surface area contributed by atoms with Gasteiger partial charge in [-0.1, -0.05) is 6.07 Å². The van der Waals surface area contributed by atoms with Crippen LogP contribution in [0.1, 0.15) is 23.0 Å². The molecule has 0 amide bonds. The lowest BCUT2D eigenvalue weighted by Crippen LogP contribution is -2.11. The second-order valence-corrected chi connectivity index (χ2v) is 4.70. The van der Waals surface area contributed by atoms with Gasteiger partial charge in [-0.05, 0) is 31.0 Å². The first-order chi connectivity index (χ1) is 7.20. The first-order valence-corrected chi connectivity index (χ1v) is 5.76. The molecule has 15 heavy (non-hydrogen) atoms. The number of nitrogens with two attached hydrogens (primary N) is 1. The van der Waals surface area contributed by atoms with Crippen LogP contribution in [-0.4, -0.2) is 16.7 Å². The summed E-state index contributed by atoms with van der Waals surface area (Å²) in [7, 11) is 0. The molecular formula is C11H14N2OS. The van der Waals surface area contributed by atoms with Crippen LogP contribution in [0.4, 0.5) is 0 Å². The number of aliphatic hydroxyl groups is 1. The number of hydrogen-bond acceptors (Lipinski definition) is 4. The fraction of sp³-hybridized carbons (Fsp3) is 0.364. The summed E-state index contributed by atoms with van der Waals surface area (Å²) in [5.74, 6) is 0. The molecular weight excluding hydrogens is 208 g/mol. The fourth-order valence-corrected chi connectivity index (χ4v) is 2.46. The zero-order chi connectivity index (χ0) is 10.8. The van der Waals surface area contributed by atoms with Crippen LogP contribution >= 0.6 is 11.3 Å². The average Bonchev–Trinajstić information content (AvgIpc) is 2.60. The van der Waals surface area contributed by atoms with Crippen LogP contribution < -0.4 is 5.73 Å². The molecule has 2 aromatic rings. The van der Waals surface area contributed by atoms with Gasteiger partial charge >= 0.3 is 0 Å². The molecule has 0 aliphatic heterocycles. The third kappa shape index (κ3) is 2.17. The highest BCUT2D eigenvalue weighted by atomic mass is 32.1. The molecule has 0 bridgehead atoms. The number of aromatic nitrogens is 1. The summed E-state index contributed by atoms with van der Waals surface area (Å²) in [6, 6.07) is 6.05. The van der Waals surface area contributed by atoms with Gasteiger partial charge in [-0.25, -0.2) is 4.98 Å². The summed E-state index contributed by atoms with van der Waals surface area (Å²) in [6.45, 7) is 2.15. The number of aliphatic hydroxyl groups excluding tert-OH is 1. The molecule has 0 spiro atoms.